The number of rotatable bonds is 6. The van der Waals surface area contributed by atoms with Gasteiger partial charge in [-0.15, -0.1) is 0 Å². The maximum Gasteiger partial charge on any atom is 0.253 e. The molecule has 4 rings (SSSR count). The van der Waals surface area contributed by atoms with Crippen molar-refractivity contribution < 1.29 is 9.53 Å². The fourth-order valence-corrected chi connectivity index (χ4v) is 3.63. The molecule has 0 unspecified atom stereocenters. The average Bonchev–Trinajstić information content (AvgIpc) is 3.26. The SMILES string of the molecule is CN(CCC[C@@H]1CCCO1)C(=O)c1ccc(-c2cnc3ccccc3n2)cc1. The third kappa shape index (κ3) is 4.20. The van der Waals surface area contributed by atoms with Crippen LogP contribution in [0.25, 0.3) is 22.3 Å². The molecule has 1 aromatic heterocycles. The molecule has 2 heterocycles. The number of aromatic nitrogens is 2. The van der Waals surface area contributed by atoms with E-state index in [2.05, 4.69) is 9.97 Å². The monoisotopic (exact) mass is 375 g/mol. The molecule has 144 valence electrons. The topological polar surface area (TPSA) is 55.3 Å². The number of carbonyl (C=O) groups excluding carboxylic acids is 1. The summed E-state index contributed by atoms with van der Waals surface area (Å²) in [5.41, 5.74) is 4.20. The van der Waals surface area contributed by atoms with Crippen LogP contribution in [0.4, 0.5) is 0 Å². The molecule has 0 N–H and O–H groups in total. The van der Waals surface area contributed by atoms with Crippen molar-refractivity contribution in [2.45, 2.75) is 31.8 Å². The zero-order valence-electron chi connectivity index (χ0n) is 16.2. The van der Waals surface area contributed by atoms with Gasteiger partial charge >= 0.3 is 0 Å². The first-order valence-corrected chi connectivity index (χ1v) is 9.90. The van der Waals surface area contributed by atoms with E-state index in [4.69, 9.17) is 4.74 Å². The van der Waals surface area contributed by atoms with Gasteiger partial charge < -0.3 is 9.64 Å². The smallest absolute Gasteiger partial charge is 0.253 e. The first kappa shape index (κ1) is 18.6. The van der Waals surface area contributed by atoms with Crippen molar-refractivity contribution in [1.29, 1.82) is 0 Å². The summed E-state index contributed by atoms with van der Waals surface area (Å²) in [7, 11) is 1.86. The molecule has 3 aromatic rings. The Bertz CT molecular complexity index is 949. The van der Waals surface area contributed by atoms with E-state index in [1.165, 1.54) is 0 Å². The molecule has 1 amide bonds. The van der Waals surface area contributed by atoms with Gasteiger partial charge in [0.05, 0.1) is 29.0 Å². The largest absolute Gasteiger partial charge is 0.378 e. The number of carbonyl (C=O) groups is 1. The van der Waals surface area contributed by atoms with Crippen molar-refractivity contribution >= 4 is 16.9 Å². The lowest BCUT2D eigenvalue weighted by atomic mass is 10.1. The first-order valence-electron chi connectivity index (χ1n) is 9.90. The molecule has 0 saturated carbocycles. The average molecular weight is 375 g/mol. The van der Waals surface area contributed by atoms with Gasteiger partial charge in [-0.2, -0.15) is 0 Å². The summed E-state index contributed by atoms with van der Waals surface area (Å²) < 4.78 is 5.65. The summed E-state index contributed by atoms with van der Waals surface area (Å²) in [5.74, 6) is 0.0449. The number of amides is 1. The number of para-hydroxylation sites is 2. The highest BCUT2D eigenvalue weighted by Crippen LogP contribution is 2.21. The Balaban J connectivity index is 1.39. The van der Waals surface area contributed by atoms with E-state index in [9.17, 15) is 4.79 Å². The fraction of sp³-hybridized carbons (Fsp3) is 0.348. The molecule has 5 heteroatoms. The predicted molar refractivity (Wildman–Crippen MR) is 110 cm³/mol. The summed E-state index contributed by atoms with van der Waals surface area (Å²) in [5, 5.41) is 0. The van der Waals surface area contributed by atoms with E-state index >= 15 is 0 Å². The summed E-state index contributed by atoms with van der Waals surface area (Å²) in [6.07, 6.45) is 6.46. The van der Waals surface area contributed by atoms with E-state index in [0.29, 0.717) is 11.7 Å². The normalized spacial score (nSPS) is 16.4. The first-order chi connectivity index (χ1) is 13.7. The highest BCUT2D eigenvalue weighted by atomic mass is 16.5. The van der Waals surface area contributed by atoms with E-state index in [0.717, 1.165) is 61.1 Å². The molecule has 0 spiro atoms. The number of nitrogens with zero attached hydrogens (tertiary/aromatic N) is 3. The third-order valence-electron chi connectivity index (χ3n) is 5.27. The third-order valence-corrected chi connectivity index (χ3v) is 5.27. The van der Waals surface area contributed by atoms with Gasteiger partial charge in [0.2, 0.25) is 0 Å². The second-order valence-electron chi connectivity index (χ2n) is 7.33. The van der Waals surface area contributed by atoms with Gasteiger partial charge in [-0.3, -0.25) is 9.78 Å². The minimum Gasteiger partial charge on any atom is -0.378 e. The Labute approximate surface area is 165 Å². The Morgan fingerprint density at radius 2 is 1.93 bits per heavy atom. The molecule has 5 nitrogen and oxygen atoms in total. The van der Waals surface area contributed by atoms with Gasteiger partial charge in [0, 0.05) is 31.3 Å². The predicted octanol–water partition coefficient (Wildman–Crippen LogP) is 4.33. The number of benzene rings is 2. The zero-order valence-corrected chi connectivity index (χ0v) is 16.2. The van der Waals surface area contributed by atoms with Gasteiger partial charge in [-0.05, 0) is 49.9 Å². The fourth-order valence-electron chi connectivity index (χ4n) is 3.63. The van der Waals surface area contributed by atoms with Gasteiger partial charge in [-0.25, -0.2) is 4.98 Å². The van der Waals surface area contributed by atoms with E-state index < -0.39 is 0 Å². The minimum absolute atomic E-state index is 0.0449. The molecule has 1 atom stereocenters. The van der Waals surface area contributed by atoms with Gasteiger partial charge in [-0.1, -0.05) is 24.3 Å². The second kappa shape index (κ2) is 8.48. The zero-order chi connectivity index (χ0) is 19.3. The Morgan fingerprint density at radius 3 is 2.68 bits per heavy atom. The van der Waals surface area contributed by atoms with Gasteiger partial charge in [0.15, 0.2) is 0 Å². The molecule has 0 radical (unpaired) electrons. The van der Waals surface area contributed by atoms with Crippen molar-refractivity contribution in [2.75, 3.05) is 20.2 Å². The van der Waals surface area contributed by atoms with Crippen molar-refractivity contribution in [3.8, 4) is 11.3 Å². The van der Waals surface area contributed by atoms with E-state index in [1.54, 1.807) is 11.1 Å². The second-order valence-corrected chi connectivity index (χ2v) is 7.33. The van der Waals surface area contributed by atoms with Crippen molar-refractivity contribution in [1.82, 2.24) is 14.9 Å². The molecule has 0 aliphatic carbocycles. The number of fused-ring (bicyclic) bond motifs is 1. The lowest BCUT2D eigenvalue weighted by Crippen LogP contribution is -2.28. The van der Waals surface area contributed by atoms with E-state index in [1.807, 2.05) is 55.6 Å². The van der Waals surface area contributed by atoms with Crippen LogP contribution in [0.3, 0.4) is 0 Å². The number of hydrogen-bond donors (Lipinski definition) is 0. The molecule has 28 heavy (non-hydrogen) atoms. The molecule has 2 aromatic carbocycles. The Morgan fingerprint density at radius 1 is 1.14 bits per heavy atom. The Hall–Kier alpha value is -2.79. The van der Waals surface area contributed by atoms with E-state index in [-0.39, 0.29) is 5.91 Å². The minimum atomic E-state index is 0.0449. The van der Waals surface area contributed by atoms with Crippen LogP contribution in [0.5, 0.6) is 0 Å². The number of hydrogen-bond acceptors (Lipinski definition) is 4. The molecular weight excluding hydrogens is 350 g/mol. The highest BCUT2D eigenvalue weighted by Gasteiger charge is 2.17. The van der Waals surface area contributed by atoms with Gasteiger partial charge in [0.25, 0.3) is 5.91 Å². The molecular formula is C23H25N3O2. The number of ether oxygens (including phenoxy) is 1. The van der Waals surface area contributed by atoms with Crippen LogP contribution in [0.15, 0.2) is 54.7 Å². The maximum absolute atomic E-state index is 12.7. The highest BCUT2D eigenvalue weighted by molar-refractivity contribution is 5.94. The molecule has 1 aliphatic heterocycles. The van der Waals surface area contributed by atoms with Crippen LogP contribution in [-0.4, -0.2) is 47.1 Å². The summed E-state index contributed by atoms with van der Waals surface area (Å²) in [4.78, 5) is 23.6. The quantitative estimate of drug-likeness (QED) is 0.644. The van der Waals surface area contributed by atoms with Crippen LogP contribution in [0.2, 0.25) is 0 Å². The molecule has 0 bridgehead atoms. The van der Waals surface area contributed by atoms with Crippen LogP contribution >= 0.6 is 0 Å². The van der Waals surface area contributed by atoms with Crippen LogP contribution in [0, 0.1) is 0 Å². The van der Waals surface area contributed by atoms with Crippen molar-refractivity contribution in [2.24, 2.45) is 0 Å². The van der Waals surface area contributed by atoms with Gasteiger partial charge in [0.1, 0.15) is 0 Å². The summed E-state index contributed by atoms with van der Waals surface area (Å²) in [6, 6.07) is 15.4. The summed E-state index contributed by atoms with van der Waals surface area (Å²) >= 11 is 0. The van der Waals surface area contributed by atoms with Crippen LogP contribution in [-0.2, 0) is 4.74 Å². The van der Waals surface area contributed by atoms with Crippen molar-refractivity contribution in [3.05, 3.63) is 60.3 Å². The molecule has 1 fully saturated rings. The van der Waals surface area contributed by atoms with Crippen LogP contribution in [0.1, 0.15) is 36.0 Å². The molecule has 1 aliphatic rings. The Kier molecular flexibility index (Phi) is 5.63. The lowest BCUT2D eigenvalue weighted by molar-refractivity contribution is 0.0763. The molecule has 1 saturated heterocycles. The van der Waals surface area contributed by atoms with Crippen molar-refractivity contribution in [3.63, 3.8) is 0 Å². The lowest BCUT2D eigenvalue weighted by Gasteiger charge is -2.18. The van der Waals surface area contributed by atoms with Crippen LogP contribution < -0.4 is 0 Å². The maximum atomic E-state index is 12.7. The standard InChI is InChI=1S/C23H25N3O2/c1-26(14-4-6-19-7-5-15-28-19)23(27)18-12-10-17(11-13-18)22-16-24-20-8-2-3-9-21(20)25-22/h2-3,8-13,16,19H,4-7,14-15H2,1H3/t19-/m1/s1. The summed E-state index contributed by atoms with van der Waals surface area (Å²) in [6.45, 7) is 1.63.